The normalized spacial score (nSPS) is 9.62. The number of hydrogen-bond acceptors (Lipinski definition) is 3. The predicted octanol–water partition coefficient (Wildman–Crippen LogP) is 3.00. The third-order valence-corrected chi connectivity index (χ3v) is 3.58. The molecule has 0 aromatic heterocycles. The molecule has 0 saturated heterocycles. The summed E-state index contributed by atoms with van der Waals surface area (Å²) in [6, 6.07) is 14.7. The van der Waals surface area contributed by atoms with Gasteiger partial charge in [-0.2, -0.15) is 0 Å². The van der Waals surface area contributed by atoms with Crippen molar-refractivity contribution in [3.05, 3.63) is 59.7 Å². The Hall–Kier alpha value is -2.22. The maximum atomic E-state index is 12.3. The molecule has 0 fully saturated rings. The van der Waals surface area contributed by atoms with Gasteiger partial charge >= 0.3 is 0 Å². The SMILES string of the molecule is CSc1ccccc1C(=O)Nc1cccc(C#CCO)c1. The summed E-state index contributed by atoms with van der Waals surface area (Å²) in [4.78, 5) is 13.3. The smallest absolute Gasteiger partial charge is 0.256 e. The third-order valence-electron chi connectivity index (χ3n) is 2.78. The fourth-order valence-corrected chi connectivity index (χ4v) is 2.44. The first-order chi connectivity index (χ1) is 10.2. The van der Waals surface area contributed by atoms with E-state index in [2.05, 4.69) is 17.2 Å². The van der Waals surface area contributed by atoms with Gasteiger partial charge < -0.3 is 10.4 Å². The van der Waals surface area contributed by atoms with E-state index in [1.165, 1.54) is 11.8 Å². The molecule has 0 spiro atoms. The Labute approximate surface area is 128 Å². The summed E-state index contributed by atoms with van der Waals surface area (Å²) in [7, 11) is 0. The van der Waals surface area contributed by atoms with Crippen molar-refractivity contribution in [2.24, 2.45) is 0 Å². The second kappa shape index (κ2) is 7.53. The average Bonchev–Trinajstić information content (AvgIpc) is 2.53. The van der Waals surface area contributed by atoms with E-state index in [1.807, 2.05) is 42.7 Å². The summed E-state index contributed by atoms with van der Waals surface area (Å²) >= 11 is 1.54. The van der Waals surface area contributed by atoms with Crippen LogP contribution in [0.5, 0.6) is 0 Å². The van der Waals surface area contributed by atoms with Gasteiger partial charge in [-0.15, -0.1) is 11.8 Å². The van der Waals surface area contributed by atoms with Crippen molar-refractivity contribution in [2.75, 3.05) is 18.2 Å². The minimum absolute atomic E-state index is 0.146. The Morgan fingerprint density at radius 3 is 2.81 bits per heavy atom. The Balaban J connectivity index is 2.20. The zero-order chi connectivity index (χ0) is 15.1. The second-order valence-corrected chi connectivity index (χ2v) is 5.04. The summed E-state index contributed by atoms with van der Waals surface area (Å²) in [6.07, 6.45) is 1.94. The van der Waals surface area contributed by atoms with Crippen LogP contribution in [0, 0.1) is 11.8 Å². The van der Waals surface area contributed by atoms with Crippen LogP contribution in [0.4, 0.5) is 5.69 Å². The number of carbonyl (C=O) groups is 1. The van der Waals surface area contributed by atoms with Crippen LogP contribution in [0.1, 0.15) is 15.9 Å². The molecule has 2 aromatic carbocycles. The molecule has 0 bridgehead atoms. The van der Waals surface area contributed by atoms with E-state index < -0.39 is 0 Å². The molecule has 0 atom stereocenters. The van der Waals surface area contributed by atoms with Gasteiger partial charge in [0.05, 0.1) is 5.56 Å². The van der Waals surface area contributed by atoms with Crippen LogP contribution >= 0.6 is 11.8 Å². The van der Waals surface area contributed by atoms with E-state index in [0.717, 1.165) is 10.5 Å². The lowest BCUT2D eigenvalue weighted by Gasteiger charge is -2.08. The minimum Gasteiger partial charge on any atom is -0.384 e. The lowest BCUT2D eigenvalue weighted by Crippen LogP contribution is -2.12. The van der Waals surface area contributed by atoms with Crippen LogP contribution in [0.2, 0.25) is 0 Å². The van der Waals surface area contributed by atoms with Gasteiger partial charge in [-0.1, -0.05) is 30.0 Å². The largest absolute Gasteiger partial charge is 0.384 e. The molecule has 1 amide bonds. The number of benzene rings is 2. The summed E-state index contributed by atoms with van der Waals surface area (Å²) in [5.74, 6) is 5.25. The highest BCUT2D eigenvalue weighted by atomic mass is 32.2. The Bertz CT molecular complexity index is 701. The van der Waals surface area contributed by atoms with Crippen molar-refractivity contribution in [1.82, 2.24) is 0 Å². The third kappa shape index (κ3) is 4.12. The van der Waals surface area contributed by atoms with E-state index in [0.29, 0.717) is 11.3 Å². The van der Waals surface area contributed by atoms with Gasteiger partial charge in [0.1, 0.15) is 6.61 Å². The number of rotatable bonds is 3. The minimum atomic E-state index is -0.183. The van der Waals surface area contributed by atoms with Crippen molar-refractivity contribution in [2.45, 2.75) is 4.90 Å². The number of nitrogens with one attached hydrogen (secondary N) is 1. The molecule has 106 valence electrons. The van der Waals surface area contributed by atoms with Crippen molar-refractivity contribution < 1.29 is 9.90 Å². The fourth-order valence-electron chi connectivity index (χ4n) is 1.85. The zero-order valence-corrected chi connectivity index (χ0v) is 12.4. The highest BCUT2D eigenvalue weighted by molar-refractivity contribution is 7.98. The van der Waals surface area contributed by atoms with Crippen LogP contribution in [0.25, 0.3) is 0 Å². The van der Waals surface area contributed by atoms with Crippen LogP contribution in [-0.4, -0.2) is 23.9 Å². The molecule has 2 rings (SSSR count). The number of anilines is 1. The molecule has 0 aliphatic carbocycles. The Morgan fingerprint density at radius 1 is 1.24 bits per heavy atom. The maximum absolute atomic E-state index is 12.3. The lowest BCUT2D eigenvalue weighted by molar-refractivity contribution is 0.102. The number of thioether (sulfide) groups is 1. The van der Waals surface area contributed by atoms with Crippen molar-refractivity contribution in [3.63, 3.8) is 0 Å². The summed E-state index contributed by atoms with van der Waals surface area (Å²) in [6.45, 7) is -0.183. The highest BCUT2D eigenvalue weighted by Gasteiger charge is 2.10. The molecule has 0 heterocycles. The molecule has 0 aliphatic heterocycles. The van der Waals surface area contributed by atoms with E-state index in [4.69, 9.17) is 5.11 Å². The van der Waals surface area contributed by atoms with Crippen molar-refractivity contribution in [3.8, 4) is 11.8 Å². The van der Waals surface area contributed by atoms with Gasteiger partial charge in [0.15, 0.2) is 0 Å². The van der Waals surface area contributed by atoms with E-state index in [1.54, 1.807) is 12.1 Å². The molecule has 0 saturated carbocycles. The number of aliphatic hydroxyl groups excluding tert-OH is 1. The molecule has 0 aliphatic rings. The van der Waals surface area contributed by atoms with E-state index >= 15 is 0 Å². The molecule has 2 N–H and O–H groups in total. The van der Waals surface area contributed by atoms with Crippen molar-refractivity contribution in [1.29, 1.82) is 0 Å². The monoisotopic (exact) mass is 297 g/mol. The van der Waals surface area contributed by atoms with E-state index in [-0.39, 0.29) is 12.5 Å². The highest BCUT2D eigenvalue weighted by Crippen LogP contribution is 2.21. The van der Waals surface area contributed by atoms with Crippen LogP contribution < -0.4 is 5.32 Å². The molecule has 0 unspecified atom stereocenters. The van der Waals surface area contributed by atoms with Gasteiger partial charge in [0, 0.05) is 16.1 Å². The fraction of sp³-hybridized carbons (Fsp3) is 0.118. The predicted molar refractivity (Wildman–Crippen MR) is 86.6 cm³/mol. The first-order valence-corrected chi connectivity index (χ1v) is 7.61. The van der Waals surface area contributed by atoms with Gasteiger partial charge in [0.2, 0.25) is 0 Å². The first-order valence-electron chi connectivity index (χ1n) is 6.38. The quantitative estimate of drug-likeness (QED) is 0.676. The van der Waals surface area contributed by atoms with Gasteiger partial charge in [-0.05, 0) is 36.6 Å². The van der Waals surface area contributed by atoms with Gasteiger partial charge in [-0.3, -0.25) is 4.79 Å². The van der Waals surface area contributed by atoms with Crippen LogP contribution in [-0.2, 0) is 0 Å². The van der Waals surface area contributed by atoms with Crippen molar-refractivity contribution >= 4 is 23.4 Å². The number of aliphatic hydroxyl groups is 1. The molecule has 3 nitrogen and oxygen atoms in total. The van der Waals surface area contributed by atoms with Crippen LogP contribution in [0.15, 0.2) is 53.4 Å². The lowest BCUT2D eigenvalue weighted by atomic mass is 10.1. The molecule has 2 aromatic rings. The molecule has 21 heavy (non-hydrogen) atoms. The Morgan fingerprint density at radius 2 is 2.05 bits per heavy atom. The van der Waals surface area contributed by atoms with Gasteiger partial charge in [0.25, 0.3) is 5.91 Å². The molecule has 4 heteroatoms. The molecular weight excluding hydrogens is 282 g/mol. The summed E-state index contributed by atoms with van der Waals surface area (Å²) in [5, 5.41) is 11.6. The summed E-state index contributed by atoms with van der Waals surface area (Å²) in [5.41, 5.74) is 2.08. The number of carbonyl (C=O) groups excluding carboxylic acids is 1. The number of hydrogen-bond donors (Lipinski definition) is 2. The van der Waals surface area contributed by atoms with Crippen LogP contribution in [0.3, 0.4) is 0 Å². The molecular formula is C17H15NO2S. The topological polar surface area (TPSA) is 49.3 Å². The van der Waals surface area contributed by atoms with Gasteiger partial charge in [-0.25, -0.2) is 0 Å². The molecule has 0 radical (unpaired) electrons. The maximum Gasteiger partial charge on any atom is 0.256 e. The van der Waals surface area contributed by atoms with E-state index in [9.17, 15) is 4.79 Å². The zero-order valence-electron chi connectivity index (χ0n) is 11.6. The standard InChI is InChI=1S/C17H15NO2S/c1-21-16-10-3-2-9-15(16)17(20)18-14-8-4-6-13(12-14)7-5-11-19/h2-4,6,8-10,12,19H,11H2,1H3,(H,18,20). The Kier molecular flexibility index (Phi) is 5.44. The average molecular weight is 297 g/mol. The first kappa shape index (κ1) is 15.2. The second-order valence-electron chi connectivity index (χ2n) is 4.20. The summed E-state index contributed by atoms with van der Waals surface area (Å²) < 4.78 is 0. The number of amides is 1.